The Morgan fingerprint density at radius 2 is 2.19 bits per heavy atom. The third-order valence-corrected chi connectivity index (χ3v) is 1.80. The Balaban J connectivity index is 3.03. The molecule has 0 bridgehead atoms. The molecule has 88 valence electrons. The summed E-state index contributed by atoms with van der Waals surface area (Å²) in [5.41, 5.74) is -0.744. The maximum atomic E-state index is 12.2. The molecular formula is C9H8F3NO3. The molecule has 4 nitrogen and oxygen atoms in total. The van der Waals surface area contributed by atoms with E-state index in [4.69, 9.17) is 5.11 Å². The minimum atomic E-state index is -4.78. The van der Waals surface area contributed by atoms with Crippen molar-refractivity contribution >= 4 is 5.97 Å². The van der Waals surface area contributed by atoms with Crippen LogP contribution < -0.4 is 0 Å². The van der Waals surface area contributed by atoms with E-state index in [9.17, 15) is 18.0 Å². The highest BCUT2D eigenvalue weighted by atomic mass is 19.4. The number of esters is 1. The fourth-order valence-electron chi connectivity index (χ4n) is 1.02. The molecule has 0 aliphatic rings. The van der Waals surface area contributed by atoms with Crippen molar-refractivity contribution < 1.29 is 27.8 Å². The Morgan fingerprint density at radius 1 is 1.56 bits per heavy atom. The molecule has 1 heterocycles. The molecule has 1 aromatic heterocycles. The average Bonchev–Trinajstić information content (AvgIpc) is 2.26. The molecule has 0 spiro atoms. The summed E-state index contributed by atoms with van der Waals surface area (Å²) in [4.78, 5) is 14.5. The highest BCUT2D eigenvalue weighted by Crippen LogP contribution is 2.32. The van der Waals surface area contributed by atoms with Crippen molar-refractivity contribution in [3.8, 4) is 0 Å². The number of aliphatic hydroxyl groups is 1. The van der Waals surface area contributed by atoms with Gasteiger partial charge in [0.25, 0.3) is 0 Å². The molecule has 7 heteroatoms. The van der Waals surface area contributed by atoms with E-state index in [1.54, 1.807) is 0 Å². The molecule has 1 N–H and O–H groups in total. The zero-order valence-corrected chi connectivity index (χ0v) is 8.15. The fourth-order valence-corrected chi connectivity index (χ4v) is 1.02. The van der Waals surface area contributed by atoms with Crippen LogP contribution in [0.25, 0.3) is 0 Å². The lowest BCUT2D eigenvalue weighted by atomic mass is 10.1. The number of carbonyl (C=O) groups excluding carboxylic acids is 1. The first-order chi connectivity index (χ1) is 7.36. The maximum absolute atomic E-state index is 12.2. The van der Waals surface area contributed by atoms with E-state index in [0.717, 1.165) is 25.4 Å². The van der Waals surface area contributed by atoms with E-state index < -0.39 is 23.8 Å². The molecule has 16 heavy (non-hydrogen) atoms. The van der Waals surface area contributed by atoms with E-state index in [0.29, 0.717) is 0 Å². The molecule has 0 aliphatic heterocycles. The second-order valence-corrected chi connectivity index (χ2v) is 2.91. The highest BCUT2D eigenvalue weighted by molar-refractivity contribution is 5.87. The second-order valence-electron chi connectivity index (χ2n) is 2.91. The van der Waals surface area contributed by atoms with Gasteiger partial charge in [-0.2, -0.15) is 13.2 Å². The Labute approximate surface area is 88.7 Å². The topological polar surface area (TPSA) is 59.4 Å². The van der Waals surface area contributed by atoms with E-state index in [1.165, 1.54) is 0 Å². The van der Waals surface area contributed by atoms with Gasteiger partial charge in [-0.25, -0.2) is 9.78 Å². The predicted molar refractivity (Wildman–Crippen MR) is 46.6 cm³/mol. The van der Waals surface area contributed by atoms with Crippen molar-refractivity contribution in [1.29, 1.82) is 0 Å². The Kier molecular flexibility index (Phi) is 3.48. The molecule has 0 saturated carbocycles. The molecule has 1 atom stereocenters. The number of rotatable bonds is 2. The van der Waals surface area contributed by atoms with Gasteiger partial charge >= 0.3 is 12.1 Å². The van der Waals surface area contributed by atoms with Gasteiger partial charge < -0.3 is 9.84 Å². The van der Waals surface area contributed by atoms with Gasteiger partial charge in [0.05, 0.1) is 7.11 Å². The van der Waals surface area contributed by atoms with Crippen LogP contribution in [0.4, 0.5) is 13.2 Å². The first-order valence-corrected chi connectivity index (χ1v) is 4.15. The summed E-state index contributed by atoms with van der Waals surface area (Å²) in [6, 6.07) is 1.81. The summed E-state index contributed by atoms with van der Waals surface area (Å²) in [6.45, 7) is 0. The number of halogens is 3. The number of carbonyl (C=O) groups is 1. The lowest BCUT2D eigenvalue weighted by Gasteiger charge is -2.14. The zero-order chi connectivity index (χ0) is 12.3. The van der Waals surface area contributed by atoms with E-state index in [2.05, 4.69) is 9.72 Å². The van der Waals surface area contributed by atoms with Crippen LogP contribution in [0.3, 0.4) is 0 Å². The minimum Gasteiger partial charge on any atom is -0.464 e. The van der Waals surface area contributed by atoms with Gasteiger partial charge in [0.2, 0.25) is 0 Å². The molecule has 1 aromatic rings. The molecule has 0 aromatic carbocycles. The molecule has 0 radical (unpaired) electrons. The summed E-state index contributed by atoms with van der Waals surface area (Å²) in [5, 5.41) is 8.93. The van der Waals surface area contributed by atoms with Gasteiger partial charge in [0.1, 0.15) is 5.69 Å². The van der Waals surface area contributed by atoms with Crippen LogP contribution in [0.2, 0.25) is 0 Å². The van der Waals surface area contributed by atoms with Crippen molar-refractivity contribution in [2.75, 3.05) is 7.11 Å². The quantitative estimate of drug-likeness (QED) is 0.788. The minimum absolute atomic E-state index is 0.289. The van der Waals surface area contributed by atoms with Gasteiger partial charge in [0.15, 0.2) is 6.10 Å². The molecule has 0 saturated heterocycles. The first-order valence-electron chi connectivity index (χ1n) is 4.15. The van der Waals surface area contributed by atoms with Gasteiger partial charge in [0, 0.05) is 6.20 Å². The monoisotopic (exact) mass is 235 g/mol. The summed E-state index contributed by atoms with van der Waals surface area (Å²) in [7, 11) is 1.08. The molecular weight excluding hydrogens is 227 g/mol. The summed E-state index contributed by atoms with van der Waals surface area (Å²) in [5.74, 6) is -0.865. The average molecular weight is 235 g/mol. The Morgan fingerprint density at radius 3 is 2.69 bits per heavy atom. The molecule has 0 amide bonds. The third-order valence-electron chi connectivity index (χ3n) is 1.80. The lowest BCUT2D eigenvalue weighted by molar-refractivity contribution is -0.206. The zero-order valence-electron chi connectivity index (χ0n) is 8.15. The van der Waals surface area contributed by atoms with Crippen LogP contribution in [-0.2, 0) is 4.74 Å². The Hall–Kier alpha value is -1.63. The summed E-state index contributed by atoms with van der Waals surface area (Å²) in [6.07, 6.45) is -6.43. The number of nitrogens with zero attached hydrogens (tertiary/aromatic N) is 1. The van der Waals surface area contributed by atoms with E-state index in [1.807, 2.05) is 0 Å². The number of ether oxygens (including phenoxy) is 1. The van der Waals surface area contributed by atoms with Crippen LogP contribution in [-0.4, -0.2) is 29.3 Å². The predicted octanol–water partition coefficient (Wildman–Crippen LogP) is 1.46. The number of pyridine rings is 1. The molecule has 1 rings (SSSR count). The van der Waals surface area contributed by atoms with Gasteiger partial charge in [-0.1, -0.05) is 0 Å². The lowest BCUT2D eigenvalue weighted by Crippen LogP contribution is -2.20. The molecule has 0 fully saturated rings. The number of aromatic nitrogens is 1. The van der Waals surface area contributed by atoms with Crippen LogP contribution in [0.15, 0.2) is 18.3 Å². The first kappa shape index (κ1) is 12.4. The van der Waals surface area contributed by atoms with Gasteiger partial charge in [-0.05, 0) is 17.7 Å². The molecule has 1 unspecified atom stereocenters. The SMILES string of the molecule is COC(=O)c1cc(C(O)C(F)(F)F)ccn1. The largest absolute Gasteiger partial charge is 0.464 e. The van der Waals surface area contributed by atoms with Crippen LogP contribution in [0.1, 0.15) is 22.2 Å². The fraction of sp³-hybridized carbons (Fsp3) is 0.333. The number of hydrogen-bond acceptors (Lipinski definition) is 4. The van der Waals surface area contributed by atoms with Crippen LogP contribution >= 0.6 is 0 Å². The highest BCUT2D eigenvalue weighted by Gasteiger charge is 2.39. The maximum Gasteiger partial charge on any atom is 0.418 e. The number of alkyl halides is 3. The number of methoxy groups -OCH3 is 1. The van der Waals surface area contributed by atoms with Crippen molar-refractivity contribution in [1.82, 2.24) is 4.98 Å². The van der Waals surface area contributed by atoms with Gasteiger partial charge in [-0.15, -0.1) is 0 Å². The van der Waals surface area contributed by atoms with Crippen molar-refractivity contribution in [2.45, 2.75) is 12.3 Å². The van der Waals surface area contributed by atoms with Crippen LogP contribution in [0.5, 0.6) is 0 Å². The third kappa shape index (κ3) is 2.69. The smallest absolute Gasteiger partial charge is 0.418 e. The number of aliphatic hydroxyl groups excluding tert-OH is 1. The molecule has 0 aliphatic carbocycles. The normalized spacial score (nSPS) is 13.3. The standard InChI is InChI=1S/C9H8F3NO3/c1-16-8(15)6-4-5(2-3-13-6)7(14)9(10,11)12/h2-4,7,14H,1H3. The Bertz CT molecular complexity index is 392. The summed E-state index contributed by atoms with van der Waals surface area (Å²) >= 11 is 0. The van der Waals surface area contributed by atoms with E-state index in [-0.39, 0.29) is 5.69 Å². The van der Waals surface area contributed by atoms with Crippen molar-refractivity contribution in [3.63, 3.8) is 0 Å². The van der Waals surface area contributed by atoms with Gasteiger partial charge in [-0.3, -0.25) is 0 Å². The van der Waals surface area contributed by atoms with Crippen molar-refractivity contribution in [2.24, 2.45) is 0 Å². The second kappa shape index (κ2) is 4.48. The van der Waals surface area contributed by atoms with Crippen LogP contribution in [0, 0.1) is 0 Å². The van der Waals surface area contributed by atoms with E-state index >= 15 is 0 Å². The number of hydrogen-bond donors (Lipinski definition) is 1. The van der Waals surface area contributed by atoms with Crippen molar-refractivity contribution in [3.05, 3.63) is 29.6 Å². The summed E-state index contributed by atoms with van der Waals surface area (Å²) < 4.78 is 40.8.